The molecule has 0 unspecified atom stereocenters. The lowest BCUT2D eigenvalue weighted by Crippen LogP contribution is -2.24. The van der Waals surface area contributed by atoms with Crippen LogP contribution in [0.5, 0.6) is 0 Å². The smallest absolute Gasteiger partial charge is 0.313 e. The predicted octanol–water partition coefficient (Wildman–Crippen LogP) is 0.614. The highest BCUT2D eigenvalue weighted by Crippen LogP contribution is 2.13. The monoisotopic (exact) mass is 329 g/mol. The molecule has 10 heteroatoms. The summed E-state index contributed by atoms with van der Waals surface area (Å²) < 4.78 is 0. The van der Waals surface area contributed by atoms with Crippen molar-refractivity contribution < 1.29 is 29.7 Å². The summed E-state index contributed by atoms with van der Waals surface area (Å²) in [5.74, 6) is -1.59. The molecule has 0 atom stereocenters. The first kappa shape index (κ1) is 18.4. The van der Waals surface area contributed by atoms with Crippen molar-refractivity contribution in [2.75, 3.05) is 34.9 Å². The summed E-state index contributed by atoms with van der Waals surface area (Å²) in [6.07, 6.45) is 0. The molecule has 0 spiro atoms. The maximum atomic E-state index is 10.4. The third-order valence-corrected chi connectivity index (χ3v) is 4.49. The van der Waals surface area contributed by atoms with Gasteiger partial charge in [0.1, 0.15) is 0 Å². The number of aliphatic carboxylic acids is 3. The molecule has 0 aliphatic carbocycles. The fourth-order valence-corrected chi connectivity index (χ4v) is 3.36. The maximum Gasteiger partial charge on any atom is 0.313 e. The van der Waals surface area contributed by atoms with Crippen LogP contribution in [0.2, 0.25) is 0 Å². The van der Waals surface area contributed by atoms with Gasteiger partial charge in [0, 0.05) is 17.6 Å². The zero-order valence-corrected chi connectivity index (χ0v) is 12.4. The molecule has 7 nitrogen and oxygen atoms in total. The van der Waals surface area contributed by atoms with Crippen molar-refractivity contribution in [3.63, 3.8) is 0 Å². The quantitative estimate of drug-likeness (QED) is 0.440. The molecular weight excluding hydrogens is 314 g/mol. The summed E-state index contributed by atoms with van der Waals surface area (Å²) in [7, 11) is 0. The number of nitrogens with zero attached hydrogens (tertiary/aromatic N) is 1. The highest BCUT2D eigenvalue weighted by molar-refractivity contribution is 8.01. The van der Waals surface area contributed by atoms with E-state index in [-0.39, 0.29) is 17.3 Å². The molecule has 110 valence electrons. The molecule has 0 aromatic carbocycles. The van der Waals surface area contributed by atoms with Gasteiger partial charge in [0.25, 0.3) is 0 Å². The number of carbonyl (C=O) groups is 3. The molecule has 0 amide bonds. The van der Waals surface area contributed by atoms with Crippen LogP contribution in [-0.2, 0) is 14.4 Å². The maximum absolute atomic E-state index is 10.4. The third-order valence-electron chi connectivity index (χ3n) is 1.50. The van der Waals surface area contributed by atoms with Crippen LogP contribution < -0.4 is 0 Å². The predicted molar refractivity (Wildman–Crippen MR) is 76.7 cm³/mol. The molecule has 0 aliphatic rings. The summed E-state index contributed by atoms with van der Waals surface area (Å²) in [5, 5.41) is 25.6. The first-order valence-corrected chi connectivity index (χ1v) is 8.49. The zero-order valence-electron chi connectivity index (χ0n) is 9.98. The number of thioether (sulfide) groups is 3. The summed E-state index contributed by atoms with van der Waals surface area (Å²) in [6.45, 7) is 0. The fraction of sp³-hybridized carbons (Fsp3) is 0.667. The standard InChI is InChI=1S/C9H15NO6S3/c11-7(12)1-17-4-10(5-18-2-8(13)14)6-19-3-9(15)16/h1-6H2,(H,11,12)(H,13,14)(H,15,16). The van der Waals surface area contributed by atoms with Gasteiger partial charge in [-0.3, -0.25) is 19.3 Å². The van der Waals surface area contributed by atoms with Crippen LogP contribution in [0.15, 0.2) is 0 Å². The van der Waals surface area contributed by atoms with Gasteiger partial charge >= 0.3 is 17.9 Å². The van der Waals surface area contributed by atoms with E-state index < -0.39 is 17.9 Å². The molecule has 19 heavy (non-hydrogen) atoms. The van der Waals surface area contributed by atoms with Crippen LogP contribution in [0.3, 0.4) is 0 Å². The molecule has 0 aromatic rings. The third kappa shape index (κ3) is 13.6. The van der Waals surface area contributed by atoms with Gasteiger partial charge in [0.15, 0.2) is 0 Å². The van der Waals surface area contributed by atoms with Crippen molar-refractivity contribution in [1.29, 1.82) is 0 Å². The molecule has 0 rings (SSSR count). The van der Waals surface area contributed by atoms with E-state index in [4.69, 9.17) is 15.3 Å². The highest BCUT2D eigenvalue weighted by Gasteiger charge is 2.09. The van der Waals surface area contributed by atoms with Gasteiger partial charge in [-0.25, -0.2) is 0 Å². The molecule has 0 saturated heterocycles. The van der Waals surface area contributed by atoms with E-state index in [1.165, 1.54) is 35.3 Å². The minimum Gasteiger partial charge on any atom is -0.481 e. The first-order valence-electron chi connectivity index (χ1n) is 5.02. The number of carboxylic acid groups (broad SMARTS) is 3. The summed E-state index contributed by atoms with van der Waals surface area (Å²) in [5.41, 5.74) is 0. The topological polar surface area (TPSA) is 115 Å². The van der Waals surface area contributed by atoms with Crippen molar-refractivity contribution in [1.82, 2.24) is 4.90 Å². The van der Waals surface area contributed by atoms with E-state index in [0.717, 1.165) is 0 Å². The minimum absolute atomic E-state index is 0.0380. The second-order valence-corrected chi connectivity index (χ2v) is 6.15. The number of carboxylic acids is 3. The molecule has 0 radical (unpaired) electrons. The van der Waals surface area contributed by atoms with Gasteiger partial charge in [0.2, 0.25) is 0 Å². The Morgan fingerprint density at radius 1 is 0.684 bits per heavy atom. The molecule has 0 aromatic heterocycles. The molecule has 3 N–H and O–H groups in total. The molecule has 0 fully saturated rings. The Bertz CT molecular complexity index is 267. The van der Waals surface area contributed by atoms with E-state index in [0.29, 0.717) is 17.6 Å². The molecule has 0 heterocycles. The summed E-state index contributed by atoms with van der Waals surface area (Å²) >= 11 is 3.58. The lowest BCUT2D eigenvalue weighted by molar-refractivity contribution is -0.134. The van der Waals surface area contributed by atoms with E-state index in [2.05, 4.69) is 0 Å². The lowest BCUT2D eigenvalue weighted by atomic mass is 10.8. The van der Waals surface area contributed by atoms with E-state index in [9.17, 15) is 14.4 Å². The van der Waals surface area contributed by atoms with Crippen LogP contribution in [0, 0.1) is 0 Å². The Balaban J connectivity index is 3.94. The second-order valence-electron chi connectivity index (χ2n) is 3.28. The van der Waals surface area contributed by atoms with Gasteiger partial charge < -0.3 is 15.3 Å². The van der Waals surface area contributed by atoms with Crippen LogP contribution >= 0.6 is 35.3 Å². The average molecular weight is 329 g/mol. The van der Waals surface area contributed by atoms with Crippen molar-refractivity contribution in [3.05, 3.63) is 0 Å². The number of hydrogen-bond acceptors (Lipinski definition) is 7. The lowest BCUT2D eigenvalue weighted by Gasteiger charge is -2.19. The van der Waals surface area contributed by atoms with Crippen molar-refractivity contribution >= 4 is 53.2 Å². The molecule has 0 aliphatic heterocycles. The highest BCUT2D eigenvalue weighted by atomic mass is 32.2. The largest absolute Gasteiger partial charge is 0.481 e. The van der Waals surface area contributed by atoms with Gasteiger partial charge in [-0.15, -0.1) is 35.3 Å². The Morgan fingerprint density at radius 2 is 0.947 bits per heavy atom. The van der Waals surface area contributed by atoms with Crippen LogP contribution in [0.25, 0.3) is 0 Å². The minimum atomic E-state index is -0.915. The van der Waals surface area contributed by atoms with Gasteiger partial charge in [-0.05, 0) is 0 Å². The van der Waals surface area contributed by atoms with Crippen molar-refractivity contribution in [2.45, 2.75) is 0 Å². The van der Waals surface area contributed by atoms with Gasteiger partial charge in [0.05, 0.1) is 17.3 Å². The zero-order chi connectivity index (χ0) is 14.7. The Morgan fingerprint density at radius 3 is 1.16 bits per heavy atom. The van der Waals surface area contributed by atoms with E-state index >= 15 is 0 Å². The summed E-state index contributed by atoms with van der Waals surface area (Å²) in [4.78, 5) is 33.0. The second kappa shape index (κ2) is 11.3. The van der Waals surface area contributed by atoms with Gasteiger partial charge in [-0.1, -0.05) is 0 Å². The van der Waals surface area contributed by atoms with Gasteiger partial charge in [-0.2, -0.15) is 0 Å². The Kier molecular flexibility index (Phi) is 10.9. The van der Waals surface area contributed by atoms with Crippen LogP contribution in [0.1, 0.15) is 0 Å². The molecule has 0 bridgehead atoms. The Hall–Kier alpha value is -0.580. The number of hydrogen-bond donors (Lipinski definition) is 3. The molecule has 0 saturated carbocycles. The van der Waals surface area contributed by atoms with E-state index in [1.807, 2.05) is 4.90 Å². The fourth-order valence-electron chi connectivity index (χ4n) is 0.898. The Labute approximate surface area is 123 Å². The van der Waals surface area contributed by atoms with Crippen LogP contribution in [-0.4, -0.2) is 73.0 Å². The SMILES string of the molecule is O=C(O)CSCN(CSCC(=O)O)CSCC(=O)O. The number of rotatable bonds is 12. The molecular formula is C9H15NO6S3. The van der Waals surface area contributed by atoms with Crippen LogP contribution in [0.4, 0.5) is 0 Å². The van der Waals surface area contributed by atoms with Crippen molar-refractivity contribution in [3.8, 4) is 0 Å². The first-order chi connectivity index (χ1) is 8.91. The normalized spacial score (nSPS) is 10.6. The summed E-state index contributed by atoms with van der Waals surface area (Å²) in [6, 6.07) is 0. The average Bonchev–Trinajstić information content (AvgIpc) is 2.26. The van der Waals surface area contributed by atoms with E-state index in [1.54, 1.807) is 0 Å². The van der Waals surface area contributed by atoms with Crippen molar-refractivity contribution in [2.24, 2.45) is 0 Å².